The van der Waals surface area contributed by atoms with Crippen molar-refractivity contribution in [2.24, 2.45) is 0 Å². The van der Waals surface area contributed by atoms with E-state index < -0.39 is 0 Å². The van der Waals surface area contributed by atoms with E-state index in [0.717, 1.165) is 10.1 Å². The van der Waals surface area contributed by atoms with Crippen LogP contribution in [-0.2, 0) is 6.42 Å². The van der Waals surface area contributed by atoms with Crippen LogP contribution in [0.25, 0.3) is 0 Å². The van der Waals surface area contributed by atoms with Crippen LogP contribution in [-0.4, -0.2) is 4.98 Å². The molecule has 2 nitrogen and oxygen atoms in total. The Bertz CT molecular complexity index is 215. The Balaban J connectivity index is 3.06. The third-order valence-electron chi connectivity index (χ3n) is 1.28. The van der Waals surface area contributed by atoms with Crippen molar-refractivity contribution in [2.75, 3.05) is 5.73 Å². The summed E-state index contributed by atoms with van der Waals surface area (Å²) in [5.41, 5.74) is 6.77. The highest BCUT2D eigenvalue weighted by Crippen LogP contribution is 2.09. The van der Waals surface area contributed by atoms with Crippen molar-refractivity contribution in [2.45, 2.75) is 13.3 Å². The fourth-order valence-electron chi connectivity index (χ4n) is 0.777. The predicted octanol–water partition coefficient (Wildman–Crippen LogP) is 1.83. The summed E-state index contributed by atoms with van der Waals surface area (Å²) in [6.45, 7) is 2.10. The van der Waals surface area contributed by atoms with E-state index in [-0.39, 0.29) is 0 Å². The molecular weight excluding hydrogens is 239 g/mol. The van der Waals surface area contributed by atoms with Gasteiger partial charge in [-0.2, -0.15) is 0 Å². The van der Waals surface area contributed by atoms with Crippen molar-refractivity contribution in [1.82, 2.24) is 4.98 Å². The molecule has 0 saturated carbocycles. The van der Waals surface area contributed by atoms with Crippen LogP contribution < -0.4 is 5.73 Å². The second kappa shape index (κ2) is 3.18. The first kappa shape index (κ1) is 7.78. The smallest absolute Gasteiger partial charge is 0.124 e. The molecule has 0 fully saturated rings. The van der Waals surface area contributed by atoms with E-state index >= 15 is 0 Å². The molecule has 0 aliphatic rings. The maximum absolute atomic E-state index is 5.52. The van der Waals surface area contributed by atoms with Crippen molar-refractivity contribution >= 4 is 28.4 Å². The van der Waals surface area contributed by atoms with Crippen LogP contribution in [0.4, 0.5) is 5.82 Å². The zero-order valence-electron chi connectivity index (χ0n) is 5.76. The molecule has 0 unspecified atom stereocenters. The van der Waals surface area contributed by atoms with Gasteiger partial charge in [-0.05, 0) is 46.7 Å². The summed E-state index contributed by atoms with van der Waals surface area (Å²) < 4.78 is 0.967. The molecule has 0 atom stereocenters. The first-order chi connectivity index (χ1) is 4.72. The summed E-state index contributed by atoms with van der Waals surface area (Å²) in [5, 5.41) is 0. The van der Waals surface area contributed by atoms with Crippen LogP contribution in [0, 0.1) is 3.70 Å². The van der Waals surface area contributed by atoms with Gasteiger partial charge in [0, 0.05) is 0 Å². The van der Waals surface area contributed by atoms with E-state index in [1.807, 2.05) is 12.1 Å². The van der Waals surface area contributed by atoms with Crippen LogP contribution in [0.5, 0.6) is 0 Å². The van der Waals surface area contributed by atoms with Crippen molar-refractivity contribution in [1.29, 1.82) is 0 Å². The molecule has 1 aromatic heterocycles. The Labute approximate surface area is 74.0 Å². The molecule has 0 spiro atoms. The number of rotatable bonds is 1. The average molecular weight is 248 g/mol. The van der Waals surface area contributed by atoms with E-state index in [1.165, 1.54) is 5.56 Å². The van der Waals surface area contributed by atoms with Gasteiger partial charge in [-0.15, -0.1) is 0 Å². The van der Waals surface area contributed by atoms with Crippen LogP contribution in [0.3, 0.4) is 0 Å². The lowest BCUT2D eigenvalue weighted by Crippen LogP contribution is -1.94. The zero-order valence-corrected chi connectivity index (χ0v) is 7.92. The lowest BCUT2D eigenvalue weighted by atomic mass is 10.2. The van der Waals surface area contributed by atoms with E-state index in [4.69, 9.17) is 5.73 Å². The van der Waals surface area contributed by atoms with Gasteiger partial charge < -0.3 is 5.73 Å². The fraction of sp³-hybridized carbons (Fsp3) is 0.286. The van der Waals surface area contributed by atoms with Crippen LogP contribution in [0.1, 0.15) is 12.5 Å². The van der Waals surface area contributed by atoms with E-state index in [0.29, 0.717) is 5.82 Å². The van der Waals surface area contributed by atoms with Crippen LogP contribution >= 0.6 is 22.6 Å². The minimum atomic E-state index is 0.615. The third-order valence-corrected chi connectivity index (χ3v) is 1.83. The van der Waals surface area contributed by atoms with Gasteiger partial charge >= 0.3 is 0 Å². The van der Waals surface area contributed by atoms with Gasteiger partial charge in [0.1, 0.15) is 9.52 Å². The number of aromatic nitrogens is 1. The summed E-state index contributed by atoms with van der Waals surface area (Å²) >= 11 is 2.16. The van der Waals surface area contributed by atoms with Gasteiger partial charge in [0.25, 0.3) is 0 Å². The maximum Gasteiger partial charge on any atom is 0.124 e. The first-order valence-corrected chi connectivity index (χ1v) is 4.22. The Hall–Kier alpha value is -0.320. The van der Waals surface area contributed by atoms with Crippen molar-refractivity contribution in [3.8, 4) is 0 Å². The van der Waals surface area contributed by atoms with Gasteiger partial charge in [-0.3, -0.25) is 0 Å². The molecule has 0 amide bonds. The summed E-state index contributed by atoms with van der Waals surface area (Å²) in [6, 6.07) is 3.94. The van der Waals surface area contributed by atoms with Crippen LogP contribution in [0.2, 0.25) is 0 Å². The standard InChI is InChI=1S/C7H9IN2/c1-2-5-3-6(8)10-7(9)4-5/h3-4H,2H2,1H3,(H2,9,10). The number of aryl methyl sites for hydroxylation is 1. The molecule has 3 heteroatoms. The normalized spacial score (nSPS) is 9.80. The zero-order chi connectivity index (χ0) is 7.56. The highest BCUT2D eigenvalue weighted by Gasteiger charge is 1.94. The van der Waals surface area contributed by atoms with E-state index in [1.54, 1.807) is 0 Å². The van der Waals surface area contributed by atoms with Gasteiger partial charge in [0.2, 0.25) is 0 Å². The lowest BCUT2D eigenvalue weighted by molar-refractivity contribution is 1.11. The van der Waals surface area contributed by atoms with Gasteiger partial charge in [-0.25, -0.2) is 4.98 Å². The fourth-order valence-corrected chi connectivity index (χ4v) is 1.46. The number of hydrogen-bond acceptors (Lipinski definition) is 2. The summed E-state index contributed by atoms with van der Waals surface area (Å²) in [5.74, 6) is 0.615. The number of halogens is 1. The number of nitrogens with zero attached hydrogens (tertiary/aromatic N) is 1. The third kappa shape index (κ3) is 1.83. The lowest BCUT2D eigenvalue weighted by Gasteiger charge is -1.98. The number of pyridine rings is 1. The summed E-state index contributed by atoms with van der Waals surface area (Å²) in [4.78, 5) is 4.05. The van der Waals surface area contributed by atoms with Gasteiger partial charge in [0.05, 0.1) is 0 Å². The molecule has 0 aromatic carbocycles. The largest absolute Gasteiger partial charge is 0.384 e. The van der Waals surface area contributed by atoms with Crippen molar-refractivity contribution in [3.63, 3.8) is 0 Å². The average Bonchev–Trinajstić information content (AvgIpc) is 1.85. The SMILES string of the molecule is CCc1cc(N)nc(I)c1. The van der Waals surface area contributed by atoms with Gasteiger partial charge in [-0.1, -0.05) is 6.92 Å². The Morgan fingerprint density at radius 3 is 2.80 bits per heavy atom. The Morgan fingerprint density at radius 1 is 1.60 bits per heavy atom. The van der Waals surface area contributed by atoms with Crippen molar-refractivity contribution < 1.29 is 0 Å². The summed E-state index contributed by atoms with van der Waals surface area (Å²) in [6.07, 6.45) is 1.02. The molecule has 1 rings (SSSR count). The molecule has 2 N–H and O–H groups in total. The second-order valence-electron chi connectivity index (χ2n) is 2.08. The minimum absolute atomic E-state index is 0.615. The highest BCUT2D eigenvalue weighted by molar-refractivity contribution is 14.1. The molecule has 1 aromatic rings. The van der Waals surface area contributed by atoms with Crippen molar-refractivity contribution in [3.05, 3.63) is 21.4 Å². The Morgan fingerprint density at radius 2 is 2.30 bits per heavy atom. The molecule has 0 bridgehead atoms. The number of nitrogens with two attached hydrogens (primary N) is 1. The number of hydrogen-bond donors (Lipinski definition) is 1. The van der Waals surface area contributed by atoms with E-state index in [9.17, 15) is 0 Å². The first-order valence-electron chi connectivity index (χ1n) is 3.14. The monoisotopic (exact) mass is 248 g/mol. The van der Waals surface area contributed by atoms with E-state index in [2.05, 4.69) is 34.5 Å². The molecule has 1 heterocycles. The molecule has 54 valence electrons. The topological polar surface area (TPSA) is 38.9 Å². The molecule has 10 heavy (non-hydrogen) atoms. The predicted molar refractivity (Wildman–Crippen MR) is 50.7 cm³/mol. The summed E-state index contributed by atoms with van der Waals surface area (Å²) in [7, 11) is 0. The Kier molecular flexibility index (Phi) is 2.48. The van der Waals surface area contributed by atoms with Gasteiger partial charge in [0.15, 0.2) is 0 Å². The number of nitrogen functional groups attached to an aromatic ring is 1. The molecule has 0 aliphatic heterocycles. The second-order valence-corrected chi connectivity index (χ2v) is 3.18. The van der Waals surface area contributed by atoms with Crippen LogP contribution in [0.15, 0.2) is 12.1 Å². The quantitative estimate of drug-likeness (QED) is 0.608. The number of anilines is 1. The molecule has 0 saturated heterocycles. The molecule has 0 aliphatic carbocycles. The maximum atomic E-state index is 5.52. The highest BCUT2D eigenvalue weighted by atomic mass is 127. The minimum Gasteiger partial charge on any atom is -0.384 e. The molecular formula is C7H9IN2. The molecule has 0 radical (unpaired) electrons.